The monoisotopic (exact) mass is 334 g/mol. The maximum atomic E-state index is 11.0. The van der Waals surface area contributed by atoms with Crippen molar-refractivity contribution in [2.75, 3.05) is 5.75 Å². The lowest BCUT2D eigenvalue weighted by Gasteiger charge is -2.18. The van der Waals surface area contributed by atoms with Gasteiger partial charge in [0.25, 0.3) is 10.1 Å². The maximum Gasteiger partial charge on any atom is 0.271 e. The highest BCUT2D eigenvalue weighted by molar-refractivity contribution is 7.85. The third kappa shape index (κ3) is 2.88. The summed E-state index contributed by atoms with van der Waals surface area (Å²) in [6.45, 7) is 7.65. The van der Waals surface area contributed by atoms with Crippen LogP contribution in [0.3, 0.4) is 0 Å². The molecule has 0 amide bonds. The first kappa shape index (κ1) is 16.1. The van der Waals surface area contributed by atoms with Crippen molar-refractivity contribution in [2.24, 2.45) is 0 Å². The van der Waals surface area contributed by atoms with E-state index in [0.29, 0.717) is 0 Å². The third-order valence-electron chi connectivity index (χ3n) is 4.64. The van der Waals surface area contributed by atoms with Crippen LogP contribution in [0, 0.1) is 0 Å². The van der Waals surface area contributed by atoms with Gasteiger partial charge in [0.2, 0.25) is 0 Å². The van der Waals surface area contributed by atoms with E-state index in [2.05, 4.69) is 43.8 Å². The predicted octanol–water partition coefficient (Wildman–Crippen LogP) is 1.48. The molecular formula is C17H22N2O3S+2. The molecule has 0 saturated heterocycles. The van der Waals surface area contributed by atoms with Crippen LogP contribution in [-0.2, 0) is 28.6 Å². The molecule has 0 bridgehead atoms. The Labute approximate surface area is 137 Å². The number of hydrogen-bond acceptors (Lipinski definition) is 2. The van der Waals surface area contributed by atoms with E-state index >= 15 is 0 Å². The number of hydrogen-bond donors (Lipinski definition) is 1. The SMILES string of the molecule is CC[n+]1ccc2c(c1)C(C)(C)c1c[n+](CCS(=O)(=O)O)ccc1-2. The Morgan fingerprint density at radius 2 is 1.57 bits per heavy atom. The Balaban J connectivity index is 2.04. The lowest BCUT2D eigenvalue weighted by molar-refractivity contribution is -0.694. The summed E-state index contributed by atoms with van der Waals surface area (Å²) in [5.41, 5.74) is 4.75. The lowest BCUT2D eigenvalue weighted by atomic mass is 9.84. The second kappa shape index (κ2) is 5.39. The number of rotatable bonds is 4. The van der Waals surface area contributed by atoms with Gasteiger partial charge in [-0.25, -0.2) is 9.13 Å². The van der Waals surface area contributed by atoms with E-state index in [0.717, 1.165) is 6.54 Å². The molecule has 3 rings (SSSR count). The molecule has 0 aromatic carbocycles. The summed E-state index contributed by atoms with van der Waals surface area (Å²) in [6.07, 6.45) is 8.15. The van der Waals surface area contributed by atoms with Crippen molar-refractivity contribution in [1.82, 2.24) is 0 Å². The number of aryl methyl sites for hydroxylation is 2. The van der Waals surface area contributed by atoms with E-state index in [-0.39, 0.29) is 17.7 Å². The van der Waals surface area contributed by atoms with Gasteiger partial charge < -0.3 is 0 Å². The molecule has 122 valence electrons. The van der Waals surface area contributed by atoms with Gasteiger partial charge in [-0.2, -0.15) is 8.42 Å². The van der Waals surface area contributed by atoms with E-state index in [1.165, 1.54) is 22.3 Å². The topological polar surface area (TPSA) is 62.1 Å². The molecule has 0 radical (unpaired) electrons. The molecule has 0 fully saturated rings. The van der Waals surface area contributed by atoms with Gasteiger partial charge in [-0.1, -0.05) is 13.8 Å². The van der Waals surface area contributed by atoms with E-state index < -0.39 is 10.1 Å². The van der Waals surface area contributed by atoms with Crippen LogP contribution in [0.4, 0.5) is 0 Å². The fraction of sp³-hybridized carbons (Fsp3) is 0.412. The Hall–Kier alpha value is -1.79. The first-order valence-electron chi connectivity index (χ1n) is 7.75. The van der Waals surface area contributed by atoms with Crippen molar-refractivity contribution in [3.63, 3.8) is 0 Å². The average molecular weight is 334 g/mol. The van der Waals surface area contributed by atoms with Crippen molar-refractivity contribution in [2.45, 2.75) is 39.3 Å². The summed E-state index contributed by atoms with van der Waals surface area (Å²) in [7, 11) is -3.95. The molecule has 2 heterocycles. The van der Waals surface area contributed by atoms with Crippen molar-refractivity contribution in [1.29, 1.82) is 0 Å². The molecule has 23 heavy (non-hydrogen) atoms. The van der Waals surface area contributed by atoms with Crippen LogP contribution >= 0.6 is 0 Å². The first-order chi connectivity index (χ1) is 10.7. The van der Waals surface area contributed by atoms with Crippen molar-refractivity contribution in [3.8, 4) is 11.1 Å². The summed E-state index contributed by atoms with van der Waals surface area (Å²) in [5.74, 6) is -0.278. The van der Waals surface area contributed by atoms with Crippen LogP contribution in [0.5, 0.6) is 0 Å². The van der Waals surface area contributed by atoms with Gasteiger partial charge in [0.1, 0.15) is 12.3 Å². The molecular weight excluding hydrogens is 312 g/mol. The molecule has 5 nitrogen and oxygen atoms in total. The lowest BCUT2D eigenvalue weighted by Crippen LogP contribution is -2.38. The van der Waals surface area contributed by atoms with E-state index in [4.69, 9.17) is 4.55 Å². The Morgan fingerprint density at radius 1 is 1.04 bits per heavy atom. The molecule has 6 heteroatoms. The van der Waals surface area contributed by atoms with Crippen LogP contribution in [-0.4, -0.2) is 18.7 Å². The van der Waals surface area contributed by atoms with Crippen LogP contribution in [0.15, 0.2) is 36.9 Å². The summed E-state index contributed by atoms with van der Waals surface area (Å²) >= 11 is 0. The molecule has 2 aromatic rings. The molecule has 0 atom stereocenters. The summed E-state index contributed by atoms with van der Waals surface area (Å²) in [4.78, 5) is 0. The fourth-order valence-corrected chi connectivity index (χ4v) is 3.69. The average Bonchev–Trinajstić information content (AvgIpc) is 2.72. The highest BCUT2D eigenvalue weighted by Gasteiger charge is 2.39. The van der Waals surface area contributed by atoms with E-state index in [9.17, 15) is 8.42 Å². The Kier molecular flexibility index (Phi) is 3.77. The van der Waals surface area contributed by atoms with Gasteiger partial charge in [-0.05, 0) is 18.1 Å². The minimum absolute atomic E-state index is 0.135. The standard InChI is InChI=1S/C17H21N2O3S/c1-4-18-7-5-13-14-6-8-19(9-10-23(20,21)22)12-16(14)17(2,3)15(13)11-18/h5-8,11-12H,4,9-10H2,1-3H3/q+1/p+1. The third-order valence-corrected chi connectivity index (χ3v) is 5.34. The second-order valence-corrected chi connectivity index (χ2v) is 8.10. The molecule has 1 N–H and O–H groups in total. The van der Waals surface area contributed by atoms with Crippen LogP contribution < -0.4 is 9.13 Å². The zero-order valence-electron chi connectivity index (χ0n) is 13.7. The highest BCUT2D eigenvalue weighted by atomic mass is 32.2. The number of pyridine rings is 2. The molecule has 2 aromatic heterocycles. The highest BCUT2D eigenvalue weighted by Crippen LogP contribution is 2.47. The fourth-order valence-electron chi connectivity index (χ4n) is 3.24. The predicted molar refractivity (Wildman–Crippen MR) is 86.5 cm³/mol. The Bertz CT molecular complexity index is 873. The maximum absolute atomic E-state index is 11.0. The zero-order valence-corrected chi connectivity index (χ0v) is 14.5. The zero-order chi connectivity index (χ0) is 16.8. The van der Waals surface area contributed by atoms with Gasteiger partial charge in [0.15, 0.2) is 31.3 Å². The van der Waals surface area contributed by atoms with Gasteiger partial charge in [-0.3, -0.25) is 4.55 Å². The summed E-state index contributed by atoms with van der Waals surface area (Å²) in [5, 5.41) is 0. The normalized spacial score (nSPS) is 15.3. The van der Waals surface area contributed by atoms with E-state index in [1.54, 1.807) is 0 Å². The van der Waals surface area contributed by atoms with Crippen LogP contribution in [0.1, 0.15) is 31.9 Å². The molecule has 0 aliphatic heterocycles. The van der Waals surface area contributed by atoms with Gasteiger partial charge in [0, 0.05) is 28.7 Å². The van der Waals surface area contributed by atoms with Crippen molar-refractivity contribution >= 4 is 10.1 Å². The largest absolute Gasteiger partial charge is 0.285 e. The van der Waals surface area contributed by atoms with Crippen molar-refractivity contribution < 1.29 is 22.1 Å². The molecule has 1 aliphatic carbocycles. The van der Waals surface area contributed by atoms with Crippen LogP contribution in [0.2, 0.25) is 0 Å². The van der Waals surface area contributed by atoms with Gasteiger partial charge in [-0.15, -0.1) is 0 Å². The van der Waals surface area contributed by atoms with Crippen LogP contribution in [0.25, 0.3) is 11.1 Å². The van der Waals surface area contributed by atoms with Gasteiger partial charge >= 0.3 is 0 Å². The summed E-state index contributed by atoms with van der Waals surface area (Å²) in [6, 6.07) is 4.18. The molecule has 1 aliphatic rings. The first-order valence-corrected chi connectivity index (χ1v) is 9.36. The second-order valence-electron chi connectivity index (χ2n) is 6.52. The quantitative estimate of drug-likeness (QED) is 0.680. The van der Waals surface area contributed by atoms with E-state index in [1.807, 2.05) is 23.0 Å². The van der Waals surface area contributed by atoms with Crippen molar-refractivity contribution in [3.05, 3.63) is 48.0 Å². The molecule has 0 spiro atoms. The molecule has 0 saturated carbocycles. The number of aromatic nitrogens is 2. The Morgan fingerprint density at radius 3 is 2.09 bits per heavy atom. The number of nitrogens with zero attached hydrogens (tertiary/aromatic N) is 2. The smallest absolute Gasteiger partial charge is 0.271 e. The summed E-state index contributed by atoms with van der Waals surface area (Å²) < 4.78 is 34.8. The molecule has 0 unspecified atom stereocenters. The minimum Gasteiger partial charge on any atom is -0.285 e. The minimum atomic E-state index is -3.95. The number of fused-ring (bicyclic) bond motifs is 3. The van der Waals surface area contributed by atoms with Gasteiger partial charge in [0.05, 0.1) is 0 Å².